The monoisotopic (exact) mass is 257 g/mol. The second-order valence-electron chi connectivity index (χ2n) is 3.23. The fraction of sp³-hybridized carbons (Fsp3) is 0.455. The molecule has 0 atom stereocenters. The molecule has 3 heteroatoms. The topological polar surface area (TPSA) is 21.3 Å². The van der Waals surface area contributed by atoms with Crippen LogP contribution in [0.5, 0.6) is 0 Å². The zero-order valence-corrected chi connectivity index (χ0v) is 10.2. The van der Waals surface area contributed by atoms with E-state index >= 15 is 0 Å². The number of hydrogen-bond donors (Lipinski definition) is 1. The van der Waals surface area contributed by atoms with Crippen LogP contribution in [0.3, 0.4) is 0 Å². The molecule has 0 aliphatic heterocycles. The lowest BCUT2D eigenvalue weighted by Crippen LogP contribution is -2.05. The third kappa shape index (κ3) is 3.68. The van der Waals surface area contributed by atoms with E-state index in [0.717, 1.165) is 24.0 Å². The average molecular weight is 258 g/mol. The molecule has 1 N–H and O–H groups in total. The van der Waals surface area contributed by atoms with E-state index in [1.54, 1.807) is 7.11 Å². The fourth-order valence-corrected chi connectivity index (χ4v) is 1.59. The maximum Gasteiger partial charge on any atom is 0.0479 e. The van der Waals surface area contributed by atoms with Crippen LogP contribution in [0.1, 0.15) is 12.0 Å². The van der Waals surface area contributed by atoms with E-state index in [0.29, 0.717) is 0 Å². The van der Waals surface area contributed by atoms with Gasteiger partial charge in [0, 0.05) is 30.4 Å². The number of methoxy groups -OCH3 is 1. The summed E-state index contributed by atoms with van der Waals surface area (Å²) in [7, 11) is 1.73. The van der Waals surface area contributed by atoms with E-state index in [1.807, 2.05) is 0 Å². The van der Waals surface area contributed by atoms with Crippen LogP contribution in [0.4, 0.5) is 5.69 Å². The van der Waals surface area contributed by atoms with E-state index in [2.05, 4.69) is 46.4 Å². The molecular weight excluding hydrogens is 242 g/mol. The van der Waals surface area contributed by atoms with Crippen LogP contribution in [0.25, 0.3) is 0 Å². The molecule has 0 aliphatic carbocycles. The minimum absolute atomic E-state index is 0.806. The largest absolute Gasteiger partial charge is 0.385 e. The molecule has 1 aromatic rings. The Balaban J connectivity index is 2.45. The highest BCUT2D eigenvalue weighted by atomic mass is 79.9. The third-order valence-corrected chi connectivity index (χ3v) is 2.53. The van der Waals surface area contributed by atoms with Crippen LogP contribution in [-0.2, 0) is 4.74 Å². The molecule has 0 fully saturated rings. The first kappa shape index (κ1) is 11.5. The van der Waals surface area contributed by atoms with Gasteiger partial charge in [0.15, 0.2) is 0 Å². The van der Waals surface area contributed by atoms with Gasteiger partial charge in [0.25, 0.3) is 0 Å². The first-order valence-electron chi connectivity index (χ1n) is 4.73. The molecule has 1 aromatic carbocycles. The van der Waals surface area contributed by atoms with Crippen molar-refractivity contribution in [1.29, 1.82) is 0 Å². The maximum atomic E-state index is 4.98. The Morgan fingerprint density at radius 1 is 1.43 bits per heavy atom. The lowest BCUT2D eigenvalue weighted by molar-refractivity contribution is 0.198. The Morgan fingerprint density at radius 3 is 2.93 bits per heavy atom. The SMILES string of the molecule is COCCCNc1cc(Br)ccc1C. The Bertz CT molecular complexity index is 289. The van der Waals surface area contributed by atoms with Crippen molar-refractivity contribution in [3.05, 3.63) is 28.2 Å². The molecule has 0 radical (unpaired) electrons. The Morgan fingerprint density at radius 2 is 2.21 bits per heavy atom. The molecule has 78 valence electrons. The van der Waals surface area contributed by atoms with Crippen LogP contribution in [0.15, 0.2) is 22.7 Å². The van der Waals surface area contributed by atoms with Crippen molar-refractivity contribution in [3.8, 4) is 0 Å². The second-order valence-corrected chi connectivity index (χ2v) is 4.15. The van der Waals surface area contributed by atoms with E-state index < -0.39 is 0 Å². The van der Waals surface area contributed by atoms with Crippen molar-refractivity contribution < 1.29 is 4.74 Å². The van der Waals surface area contributed by atoms with Gasteiger partial charge in [-0.25, -0.2) is 0 Å². The molecule has 1 rings (SSSR count). The van der Waals surface area contributed by atoms with Gasteiger partial charge in [-0.3, -0.25) is 0 Å². The molecule has 0 amide bonds. The van der Waals surface area contributed by atoms with Crippen molar-refractivity contribution in [2.75, 3.05) is 25.6 Å². The molecule has 14 heavy (non-hydrogen) atoms. The number of anilines is 1. The summed E-state index contributed by atoms with van der Waals surface area (Å²) in [6, 6.07) is 6.25. The summed E-state index contributed by atoms with van der Waals surface area (Å²) in [6.45, 7) is 3.86. The number of halogens is 1. The van der Waals surface area contributed by atoms with Gasteiger partial charge in [-0.1, -0.05) is 22.0 Å². The first-order chi connectivity index (χ1) is 6.74. The lowest BCUT2D eigenvalue weighted by Gasteiger charge is -2.09. The minimum atomic E-state index is 0.806. The highest BCUT2D eigenvalue weighted by molar-refractivity contribution is 9.10. The average Bonchev–Trinajstić information content (AvgIpc) is 2.18. The van der Waals surface area contributed by atoms with Crippen LogP contribution in [0, 0.1) is 6.92 Å². The summed E-state index contributed by atoms with van der Waals surface area (Å²) < 4.78 is 6.09. The van der Waals surface area contributed by atoms with Gasteiger partial charge >= 0.3 is 0 Å². The van der Waals surface area contributed by atoms with Crippen molar-refractivity contribution in [2.45, 2.75) is 13.3 Å². The highest BCUT2D eigenvalue weighted by Crippen LogP contribution is 2.20. The molecule has 0 aromatic heterocycles. The van der Waals surface area contributed by atoms with Crippen molar-refractivity contribution in [2.24, 2.45) is 0 Å². The highest BCUT2D eigenvalue weighted by Gasteiger charge is 1.97. The Labute approximate surface area is 93.8 Å². The molecule has 0 spiro atoms. The summed E-state index contributed by atoms with van der Waals surface area (Å²) in [4.78, 5) is 0. The predicted molar refractivity (Wildman–Crippen MR) is 63.9 cm³/mol. The van der Waals surface area contributed by atoms with Gasteiger partial charge in [0.1, 0.15) is 0 Å². The van der Waals surface area contributed by atoms with Crippen molar-refractivity contribution in [3.63, 3.8) is 0 Å². The summed E-state index contributed by atoms with van der Waals surface area (Å²) >= 11 is 3.45. The van der Waals surface area contributed by atoms with E-state index in [-0.39, 0.29) is 0 Å². The predicted octanol–water partition coefficient (Wildman–Crippen LogP) is 3.21. The van der Waals surface area contributed by atoms with Crippen LogP contribution >= 0.6 is 15.9 Å². The summed E-state index contributed by atoms with van der Waals surface area (Å²) in [5, 5.41) is 3.38. The maximum absolute atomic E-state index is 4.98. The van der Waals surface area contributed by atoms with E-state index in [9.17, 15) is 0 Å². The van der Waals surface area contributed by atoms with Crippen molar-refractivity contribution >= 4 is 21.6 Å². The fourth-order valence-electron chi connectivity index (χ4n) is 1.22. The van der Waals surface area contributed by atoms with Gasteiger partial charge < -0.3 is 10.1 Å². The van der Waals surface area contributed by atoms with Gasteiger partial charge in [-0.2, -0.15) is 0 Å². The molecule has 0 bridgehead atoms. The summed E-state index contributed by atoms with van der Waals surface area (Å²) in [5.41, 5.74) is 2.46. The number of rotatable bonds is 5. The quantitative estimate of drug-likeness (QED) is 0.819. The van der Waals surface area contributed by atoms with Crippen molar-refractivity contribution in [1.82, 2.24) is 0 Å². The molecule has 0 saturated carbocycles. The van der Waals surface area contributed by atoms with Gasteiger partial charge in [0.05, 0.1) is 0 Å². The van der Waals surface area contributed by atoms with E-state index in [4.69, 9.17) is 4.74 Å². The molecule has 0 unspecified atom stereocenters. The van der Waals surface area contributed by atoms with E-state index in [1.165, 1.54) is 11.3 Å². The standard InChI is InChI=1S/C11H16BrNO/c1-9-4-5-10(12)8-11(9)13-6-3-7-14-2/h4-5,8,13H,3,6-7H2,1-2H3. The Hall–Kier alpha value is -0.540. The summed E-state index contributed by atoms with van der Waals surface area (Å²) in [6.07, 6.45) is 1.03. The first-order valence-corrected chi connectivity index (χ1v) is 5.52. The van der Waals surface area contributed by atoms with Crippen LogP contribution in [0.2, 0.25) is 0 Å². The number of nitrogens with one attached hydrogen (secondary N) is 1. The molecule has 0 aliphatic rings. The lowest BCUT2D eigenvalue weighted by atomic mass is 10.2. The number of ether oxygens (including phenoxy) is 1. The number of benzene rings is 1. The normalized spacial score (nSPS) is 10.2. The van der Waals surface area contributed by atoms with Gasteiger partial charge in [-0.05, 0) is 31.0 Å². The summed E-state index contributed by atoms with van der Waals surface area (Å²) in [5.74, 6) is 0. The van der Waals surface area contributed by atoms with Gasteiger partial charge in [0.2, 0.25) is 0 Å². The minimum Gasteiger partial charge on any atom is -0.385 e. The third-order valence-electron chi connectivity index (χ3n) is 2.04. The zero-order chi connectivity index (χ0) is 10.4. The number of aryl methyl sites for hydroxylation is 1. The molecule has 0 heterocycles. The van der Waals surface area contributed by atoms with Gasteiger partial charge in [-0.15, -0.1) is 0 Å². The molecule has 2 nitrogen and oxygen atoms in total. The number of hydrogen-bond acceptors (Lipinski definition) is 2. The smallest absolute Gasteiger partial charge is 0.0479 e. The Kier molecular flexibility index (Phi) is 4.98. The van der Waals surface area contributed by atoms with Crippen LogP contribution in [-0.4, -0.2) is 20.3 Å². The zero-order valence-electron chi connectivity index (χ0n) is 8.64. The molecular formula is C11H16BrNO. The van der Waals surface area contributed by atoms with Crippen LogP contribution < -0.4 is 5.32 Å². The second kappa shape index (κ2) is 6.04. The molecule has 0 saturated heterocycles.